The van der Waals surface area contributed by atoms with Crippen LogP contribution in [0.4, 0.5) is 21.7 Å². The number of rotatable bonds is 11. The number of hydrogen-bond donors (Lipinski definition) is 2. The molecule has 7 heterocycles. The lowest BCUT2D eigenvalue weighted by molar-refractivity contribution is -0.136. The third-order valence-electron chi connectivity index (χ3n) is 11.7. The predicted octanol–water partition coefficient (Wildman–Crippen LogP) is 4.60. The van der Waals surface area contributed by atoms with E-state index in [0.717, 1.165) is 59.3 Å². The van der Waals surface area contributed by atoms with Crippen LogP contribution in [-0.2, 0) is 14.4 Å². The zero-order valence-corrected chi connectivity index (χ0v) is 32.3. The Hall–Kier alpha value is -6.71. The number of fused-ring (bicyclic) bond motifs is 2. The van der Waals surface area contributed by atoms with Crippen LogP contribution in [0.2, 0.25) is 0 Å². The molecular weight excluding hydrogens is 756 g/mol. The summed E-state index contributed by atoms with van der Waals surface area (Å²) in [4.78, 5) is 80.1. The molecule has 0 spiro atoms. The summed E-state index contributed by atoms with van der Waals surface area (Å²) < 4.78 is 15.9. The number of halogens is 1. The Morgan fingerprint density at radius 1 is 0.831 bits per heavy atom. The van der Waals surface area contributed by atoms with Crippen molar-refractivity contribution >= 4 is 52.5 Å². The number of carbonyl (C=O) groups is 5. The van der Waals surface area contributed by atoms with Gasteiger partial charge in [-0.3, -0.25) is 34.2 Å². The molecule has 16 heteroatoms. The van der Waals surface area contributed by atoms with Crippen molar-refractivity contribution in [1.82, 2.24) is 34.7 Å². The van der Waals surface area contributed by atoms with E-state index in [2.05, 4.69) is 25.4 Å². The zero-order chi connectivity index (χ0) is 40.6. The number of nitrogens with zero attached hydrogens (tertiary/aromatic N) is 8. The van der Waals surface area contributed by atoms with Crippen LogP contribution in [0.25, 0.3) is 17.0 Å². The molecule has 2 N–H and O–H groups in total. The SMILES string of the molecule is O=C1CCC(N2C(=O)c3ccc(NCCCCC(=O)N4CCN(c5cccc(-c6cnc7ccc(N8CCC[C@@H]8c8cccc(F)c8)nn67)n5)CC4)cc3C2=O)C(=O)N1. The van der Waals surface area contributed by atoms with Gasteiger partial charge in [0.15, 0.2) is 5.65 Å². The van der Waals surface area contributed by atoms with Crippen LogP contribution in [0, 0.1) is 5.82 Å². The van der Waals surface area contributed by atoms with E-state index in [4.69, 9.17) is 10.1 Å². The zero-order valence-electron chi connectivity index (χ0n) is 32.3. The number of imidazole rings is 1. The first-order valence-corrected chi connectivity index (χ1v) is 20.2. The number of anilines is 3. The van der Waals surface area contributed by atoms with Crippen molar-refractivity contribution in [3.05, 3.63) is 102 Å². The van der Waals surface area contributed by atoms with Gasteiger partial charge in [-0.2, -0.15) is 0 Å². The Labute approximate surface area is 339 Å². The minimum atomic E-state index is -1.01. The van der Waals surface area contributed by atoms with E-state index in [9.17, 15) is 28.4 Å². The number of amides is 5. The smallest absolute Gasteiger partial charge is 0.262 e. The molecule has 5 amide bonds. The molecule has 4 aliphatic heterocycles. The van der Waals surface area contributed by atoms with Gasteiger partial charge in [-0.1, -0.05) is 18.2 Å². The quantitative estimate of drug-likeness (QED) is 0.142. The number of imide groups is 2. The van der Waals surface area contributed by atoms with Crippen molar-refractivity contribution in [2.24, 2.45) is 0 Å². The number of benzene rings is 2. The van der Waals surface area contributed by atoms with E-state index >= 15 is 0 Å². The fourth-order valence-corrected chi connectivity index (χ4v) is 8.59. The molecule has 302 valence electrons. The molecule has 2 aromatic carbocycles. The van der Waals surface area contributed by atoms with Crippen molar-refractivity contribution in [3.8, 4) is 11.4 Å². The predicted molar refractivity (Wildman–Crippen MR) is 216 cm³/mol. The van der Waals surface area contributed by atoms with Gasteiger partial charge in [0, 0.05) is 57.8 Å². The van der Waals surface area contributed by atoms with Gasteiger partial charge >= 0.3 is 0 Å². The summed E-state index contributed by atoms with van der Waals surface area (Å²) in [5.74, 6) is -0.666. The second-order valence-electron chi connectivity index (χ2n) is 15.4. The van der Waals surface area contributed by atoms with E-state index in [1.165, 1.54) is 6.07 Å². The van der Waals surface area contributed by atoms with Crippen molar-refractivity contribution < 1.29 is 28.4 Å². The summed E-state index contributed by atoms with van der Waals surface area (Å²) in [7, 11) is 0. The summed E-state index contributed by atoms with van der Waals surface area (Å²) in [6.45, 7) is 3.86. The van der Waals surface area contributed by atoms with Crippen LogP contribution >= 0.6 is 0 Å². The van der Waals surface area contributed by atoms with E-state index in [0.29, 0.717) is 56.9 Å². The summed E-state index contributed by atoms with van der Waals surface area (Å²) in [5, 5.41) is 10.5. The first-order valence-electron chi connectivity index (χ1n) is 20.2. The van der Waals surface area contributed by atoms with E-state index < -0.39 is 29.7 Å². The van der Waals surface area contributed by atoms with Crippen molar-refractivity contribution in [2.75, 3.05) is 54.4 Å². The summed E-state index contributed by atoms with van der Waals surface area (Å²) >= 11 is 0. The second kappa shape index (κ2) is 15.9. The molecule has 0 aliphatic carbocycles. The number of piperidine rings is 1. The lowest BCUT2D eigenvalue weighted by Gasteiger charge is -2.35. The molecule has 4 aliphatic rings. The van der Waals surface area contributed by atoms with Gasteiger partial charge in [0.2, 0.25) is 17.7 Å². The summed E-state index contributed by atoms with van der Waals surface area (Å²) in [6, 6.07) is 20.6. The van der Waals surface area contributed by atoms with Gasteiger partial charge in [-0.15, -0.1) is 5.10 Å². The Morgan fingerprint density at radius 2 is 1.66 bits per heavy atom. The first kappa shape index (κ1) is 37.8. The Bertz CT molecular complexity index is 2480. The highest BCUT2D eigenvalue weighted by Crippen LogP contribution is 2.36. The van der Waals surface area contributed by atoms with E-state index in [-0.39, 0.29) is 41.7 Å². The molecular formula is C43H43FN10O5. The topological polar surface area (TPSA) is 165 Å². The van der Waals surface area contributed by atoms with Crippen LogP contribution < -0.4 is 20.4 Å². The average Bonchev–Trinajstić information content (AvgIpc) is 3.97. The van der Waals surface area contributed by atoms with E-state index in [1.807, 2.05) is 45.8 Å². The van der Waals surface area contributed by atoms with Gasteiger partial charge in [0.1, 0.15) is 29.2 Å². The molecule has 2 atom stereocenters. The third kappa shape index (κ3) is 7.45. The number of carbonyl (C=O) groups excluding carboxylic acids is 5. The third-order valence-corrected chi connectivity index (χ3v) is 11.7. The molecule has 3 saturated heterocycles. The number of nitrogens with one attached hydrogen (secondary N) is 2. The number of hydrogen-bond acceptors (Lipinski definition) is 11. The molecule has 5 aromatic rings. The molecule has 59 heavy (non-hydrogen) atoms. The standard InChI is InChI=1S/C43H43FN10O5/c44-28-7-3-6-27(24-28)33-9-5-19-52(33)38-16-15-36-46-26-35(54(36)49-38)32-8-4-10-37(47-32)50-20-22-51(23-21-50)40(56)11-1-2-18-45-29-12-13-30-31(25-29)43(59)53(42(30)58)34-14-17-39(55)48-41(34)57/h3-4,6-8,10,12-13,15-16,24-26,33-34,45H,1-2,5,9,11,14,17-23H2,(H,48,55,57)/t33-,34?/m1/s1. The van der Waals surface area contributed by atoms with E-state index in [1.54, 1.807) is 36.5 Å². The molecule has 0 saturated carbocycles. The fraction of sp³-hybridized carbons (Fsp3) is 0.349. The Balaban J connectivity index is 0.759. The largest absolute Gasteiger partial charge is 0.385 e. The van der Waals surface area contributed by atoms with Crippen molar-refractivity contribution in [3.63, 3.8) is 0 Å². The average molecular weight is 799 g/mol. The maximum atomic E-state index is 14.1. The first-order chi connectivity index (χ1) is 28.7. The number of unbranched alkanes of at least 4 members (excludes halogenated alkanes) is 1. The van der Waals surface area contributed by atoms with Crippen molar-refractivity contribution in [1.29, 1.82) is 0 Å². The van der Waals surface area contributed by atoms with Crippen LogP contribution in [0.3, 0.4) is 0 Å². The molecule has 9 rings (SSSR count). The maximum Gasteiger partial charge on any atom is 0.262 e. The monoisotopic (exact) mass is 798 g/mol. The van der Waals surface area contributed by atoms with Gasteiger partial charge in [0.25, 0.3) is 11.8 Å². The van der Waals surface area contributed by atoms with Crippen LogP contribution in [0.5, 0.6) is 0 Å². The Morgan fingerprint density at radius 3 is 2.49 bits per heavy atom. The number of aromatic nitrogens is 4. The van der Waals surface area contributed by atoms with Crippen LogP contribution in [0.15, 0.2) is 79.0 Å². The summed E-state index contributed by atoms with van der Waals surface area (Å²) in [6.07, 6.45) is 5.68. The summed E-state index contributed by atoms with van der Waals surface area (Å²) in [5.41, 5.74) is 4.27. The second-order valence-corrected chi connectivity index (χ2v) is 15.4. The molecule has 3 fully saturated rings. The fourth-order valence-electron chi connectivity index (χ4n) is 8.59. The number of piperazine rings is 1. The minimum Gasteiger partial charge on any atom is -0.385 e. The number of pyridine rings is 1. The van der Waals surface area contributed by atoms with Gasteiger partial charge in [0.05, 0.1) is 29.1 Å². The maximum absolute atomic E-state index is 14.1. The Kier molecular flexibility index (Phi) is 10.2. The van der Waals surface area contributed by atoms with Gasteiger partial charge < -0.3 is 20.0 Å². The highest BCUT2D eigenvalue weighted by Gasteiger charge is 2.44. The highest BCUT2D eigenvalue weighted by molar-refractivity contribution is 6.23. The molecule has 3 aromatic heterocycles. The van der Waals surface area contributed by atoms with Crippen molar-refractivity contribution in [2.45, 2.75) is 57.0 Å². The normalized spacial score (nSPS) is 19.5. The lowest BCUT2D eigenvalue weighted by atomic mass is 10.0. The minimum absolute atomic E-state index is 0.0424. The molecule has 0 radical (unpaired) electrons. The molecule has 1 unspecified atom stereocenters. The van der Waals surface area contributed by atoms with Gasteiger partial charge in [-0.25, -0.2) is 18.9 Å². The molecule has 0 bridgehead atoms. The molecule has 15 nitrogen and oxygen atoms in total. The highest BCUT2D eigenvalue weighted by atomic mass is 19.1. The van der Waals surface area contributed by atoms with Crippen LogP contribution in [-0.4, -0.2) is 104 Å². The van der Waals surface area contributed by atoms with Gasteiger partial charge in [-0.05, 0) is 92.3 Å². The lowest BCUT2D eigenvalue weighted by Crippen LogP contribution is -2.54. The van der Waals surface area contributed by atoms with Crippen LogP contribution in [0.1, 0.15) is 77.3 Å².